The molecule has 2 aromatic carbocycles. The number of benzene rings is 2. The SMILES string of the molecule is CCOc1ccc([C@H]2CC(=O)NC(NC(=O)Cc3ccc(OC)c(OC)c3)=N2)cc1. The molecule has 0 radical (unpaired) electrons. The number of methoxy groups -OCH3 is 2. The zero-order chi connectivity index (χ0) is 21.5. The first-order valence-electron chi connectivity index (χ1n) is 9.63. The minimum absolute atomic E-state index is 0.100. The molecule has 2 N–H and O–H groups in total. The smallest absolute Gasteiger partial charge is 0.231 e. The number of nitrogens with zero attached hydrogens (tertiary/aromatic N) is 1. The molecule has 158 valence electrons. The van der Waals surface area contributed by atoms with Gasteiger partial charge in [-0.25, -0.2) is 4.99 Å². The zero-order valence-electron chi connectivity index (χ0n) is 17.2. The molecule has 0 unspecified atom stereocenters. The van der Waals surface area contributed by atoms with Gasteiger partial charge in [0.05, 0.1) is 39.7 Å². The summed E-state index contributed by atoms with van der Waals surface area (Å²) in [4.78, 5) is 29.1. The van der Waals surface area contributed by atoms with E-state index < -0.39 is 0 Å². The third kappa shape index (κ3) is 5.28. The monoisotopic (exact) mass is 411 g/mol. The molecule has 0 fully saturated rings. The molecular weight excluding hydrogens is 386 g/mol. The topological polar surface area (TPSA) is 98.3 Å². The van der Waals surface area contributed by atoms with E-state index in [9.17, 15) is 9.59 Å². The second-order valence-electron chi connectivity index (χ2n) is 6.66. The summed E-state index contributed by atoms with van der Waals surface area (Å²) in [6, 6.07) is 12.3. The lowest BCUT2D eigenvalue weighted by atomic mass is 10.0. The molecule has 2 amide bonds. The Morgan fingerprint density at radius 1 is 1.13 bits per heavy atom. The number of hydrogen-bond donors (Lipinski definition) is 2. The molecule has 0 aromatic heterocycles. The first-order valence-corrected chi connectivity index (χ1v) is 9.63. The molecule has 0 bridgehead atoms. The Balaban J connectivity index is 1.68. The van der Waals surface area contributed by atoms with Crippen LogP contribution in [-0.4, -0.2) is 38.6 Å². The Labute approximate surface area is 175 Å². The highest BCUT2D eigenvalue weighted by molar-refractivity contribution is 6.06. The summed E-state index contributed by atoms with van der Waals surface area (Å²) >= 11 is 0. The number of ether oxygens (including phenoxy) is 3. The Kier molecular flexibility index (Phi) is 6.90. The van der Waals surface area contributed by atoms with Gasteiger partial charge in [-0.15, -0.1) is 0 Å². The van der Waals surface area contributed by atoms with E-state index in [1.54, 1.807) is 25.3 Å². The van der Waals surface area contributed by atoms with Crippen LogP contribution in [-0.2, 0) is 16.0 Å². The van der Waals surface area contributed by atoms with Crippen LogP contribution in [0.5, 0.6) is 17.2 Å². The number of rotatable bonds is 7. The van der Waals surface area contributed by atoms with Crippen molar-refractivity contribution in [3.63, 3.8) is 0 Å². The summed E-state index contributed by atoms with van der Waals surface area (Å²) in [7, 11) is 3.09. The van der Waals surface area contributed by atoms with Crippen molar-refractivity contribution < 1.29 is 23.8 Å². The van der Waals surface area contributed by atoms with Gasteiger partial charge in [-0.3, -0.25) is 20.2 Å². The molecule has 8 heteroatoms. The van der Waals surface area contributed by atoms with Crippen molar-refractivity contribution in [2.24, 2.45) is 4.99 Å². The van der Waals surface area contributed by atoms with Gasteiger partial charge in [0.25, 0.3) is 0 Å². The summed E-state index contributed by atoms with van der Waals surface area (Å²) in [6.07, 6.45) is 0.312. The van der Waals surface area contributed by atoms with E-state index in [0.29, 0.717) is 18.1 Å². The van der Waals surface area contributed by atoms with Gasteiger partial charge < -0.3 is 14.2 Å². The van der Waals surface area contributed by atoms with E-state index in [4.69, 9.17) is 14.2 Å². The summed E-state index contributed by atoms with van der Waals surface area (Å²) in [5.41, 5.74) is 1.62. The molecule has 3 rings (SSSR count). The molecule has 1 atom stereocenters. The molecule has 0 saturated heterocycles. The standard InChI is InChI=1S/C22H25N3O5/c1-4-30-16-8-6-15(7-9-16)17-13-21(27)25-22(23-17)24-20(26)12-14-5-10-18(28-2)19(11-14)29-3/h5-11,17H,4,12-13H2,1-3H3,(H2,23,24,25,26,27)/t17-/m1/s1. The number of carbonyl (C=O) groups is 2. The largest absolute Gasteiger partial charge is 0.494 e. The van der Waals surface area contributed by atoms with E-state index in [1.807, 2.05) is 31.2 Å². The zero-order valence-corrected chi connectivity index (χ0v) is 17.2. The van der Waals surface area contributed by atoms with Gasteiger partial charge in [0.1, 0.15) is 5.75 Å². The Hall–Kier alpha value is -3.55. The molecule has 1 aliphatic rings. The van der Waals surface area contributed by atoms with Crippen molar-refractivity contribution in [1.29, 1.82) is 0 Å². The summed E-state index contributed by atoms with van der Waals surface area (Å²) < 4.78 is 15.9. The minimum Gasteiger partial charge on any atom is -0.494 e. The molecule has 30 heavy (non-hydrogen) atoms. The Morgan fingerprint density at radius 2 is 1.87 bits per heavy atom. The van der Waals surface area contributed by atoms with Crippen molar-refractivity contribution in [3.8, 4) is 17.2 Å². The molecule has 0 spiro atoms. The van der Waals surface area contributed by atoms with Crippen LogP contribution >= 0.6 is 0 Å². The van der Waals surface area contributed by atoms with Crippen molar-refractivity contribution in [2.75, 3.05) is 20.8 Å². The van der Waals surface area contributed by atoms with Crippen LogP contribution < -0.4 is 24.8 Å². The van der Waals surface area contributed by atoms with E-state index in [0.717, 1.165) is 16.9 Å². The van der Waals surface area contributed by atoms with Gasteiger partial charge in [-0.1, -0.05) is 18.2 Å². The van der Waals surface area contributed by atoms with E-state index in [2.05, 4.69) is 15.6 Å². The first kappa shape index (κ1) is 21.2. The second kappa shape index (κ2) is 9.78. The predicted octanol–water partition coefficient (Wildman–Crippen LogP) is 2.38. The lowest BCUT2D eigenvalue weighted by Gasteiger charge is -2.21. The van der Waals surface area contributed by atoms with Crippen molar-refractivity contribution in [1.82, 2.24) is 10.6 Å². The van der Waals surface area contributed by atoms with Crippen LogP contribution in [0.4, 0.5) is 0 Å². The molecule has 0 saturated carbocycles. The fourth-order valence-electron chi connectivity index (χ4n) is 3.15. The van der Waals surface area contributed by atoms with Gasteiger partial charge in [0.2, 0.25) is 17.8 Å². The van der Waals surface area contributed by atoms with E-state index >= 15 is 0 Å². The van der Waals surface area contributed by atoms with Gasteiger partial charge in [-0.05, 0) is 42.3 Å². The fraction of sp³-hybridized carbons (Fsp3) is 0.318. The third-order valence-electron chi connectivity index (χ3n) is 4.57. The van der Waals surface area contributed by atoms with Gasteiger partial charge in [0.15, 0.2) is 11.5 Å². The molecule has 0 aliphatic carbocycles. The van der Waals surface area contributed by atoms with Crippen LogP contribution in [0.1, 0.15) is 30.5 Å². The van der Waals surface area contributed by atoms with Crippen LogP contribution in [0.3, 0.4) is 0 Å². The maximum Gasteiger partial charge on any atom is 0.231 e. The summed E-state index contributed by atoms with van der Waals surface area (Å²) in [5, 5.41) is 5.29. The number of nitrogens with one attached hydrogen (secondary N) is 2. The number of hydrogen-bond acceptors (Lipinski definition) is 6. The van der Waals surface area contributed by atoms with Crippen LogP contribution in [0.15, 0.2) is 47.5 Å². The normalized spacial score (nSPS) is 15.6. The Morgan fingerprint density at radius 3 is 2.53 bits per heavy atom. The van der Waals surface area contributed by atoms with Gasteiger partial charge >= 0.3 is 0 Å². The second-order valence-corrected chi connectivity index (χ2v) is 6.66. The maximum atomic E-state index is 12.5. The first-order chi connectivity index (χ1) is 14.5. The van der Waals surface area contributed by atoms with E-state index in [1.165, 1.54) is 7.11 Å². The van der Waals surface area contributed by atoms with Crippen molar-refractivity contribution >= 4 is 17.8 Å². The average Bonchev–Trinajstić information content (AvgIpc) is 2.74. The van der Waals surface area contributed by atoms with Crippen molar-refractivity contribution in [3.05, 3.63) is 53.6 Å². The number of amides is 2. The molecular formula is C22H25N3O5. The average molecular weight is 411 g/mol. The van der Waals surface area contributed by atoms with Crippen LogP contribution in [0, 0.1) is 0 Å². The van der Waals surface area contributed by atoms with E-state index in [-0.39, 0.29) is 36.7 Å². The predicted molar refractivity (Wildman–Crippen MR) is 112 cm³/mol. The highest BCUT2D eigenvalue weighted by atomic mass is 16.5. The highest BCUT2D eigenvalue weighted by Crippen LogP contribution is 2.28. The van der Waals surface area contributed by atoms with Crippen molar-refractivity contribution in [2.45, 2.75) is 25.8 Å². The Bertz CT molecular complexity index is 940. The molecule has 1 heterocycles. The van der Waals surface area contributed by atoms with Gasteiger partial charge in [0, 0.05) is 0 Å². The highest BCUT2D eigenvalue weighted by Gasteiger charge is 2.23. The fourth-order valence-corrected chi connectivity index (χ4v) is 3.15. The minimum atomic E-state index is -0.370. The summed E-state index contributed by atoms with van der Waals surface area (Å²) in [5.74, 6) is 1.54. The van der Waals surface area contributed by atoms with Gasteiger partial charge in [-0.2, -0.15) is 0 Å². The molecule has 1 aliphatic heterocycles. The summed E-state index contributed by atoms with van der Waals surface area (Å²) in [6.45, 7) is 2.50. The lowest BCUT2D eigenvalue weighted by molar-refractivity contribution is -0.120. The van der Waals surface area contributed by atoms with Crippen LogP contribution in [0.2, 0.25) is 0 Å². The van der Waals surface area contributed by atoms with Crippen LogP contribution in [0.25, 0.3) is 0 Å². The number of aliphatic imine (C=N–C) groups is 1. The number of guanidine groups is 1. The maximum absolute atomic E-state index is 12.5. The molecule has 8 nitrogen and oxygen atoms in total. The lowest BCUT2D eigenvalue weighted by Crippen LogP contribution is -2.47. The third-order valence-corrected chi connectivity index (χ3v) is 4.57. The number of carbonyl (C=O) groups excluding carboxylic acids is 2. The molecule has 2 aromatic rings. The quantitative estimate of drug-likeness (QED) is 0.729.